The standard InChI is InChI=1S/C11H17N3/c1-2-10(12)11-5-4-9(8-13-11)14-6-3-7-14/h4-5,8,10H,2-3,6-7,12H2,1H3. The number of hydrogen-bond donors (Lipinski definition) is 1. The molecule has 1 aromatic rings. The van der Waals surface area contributed by atoms with Crippen LogP contribution < -0.4 is 10.6 Å². The van der Waals surface area contributed by atoms with E-state index in [1.807, 2.05) is 12.3 Å². The van der Waals surface area contributed by atoms with Crippen LogP contribution in [0.25, 0.3) is 0 Å². The minimum absolute atomic E-state index is 0.0837. The summed E-state index contributed by atoms with van der Waals surface area (Å²) in [7, 11) is 0. The van der Waals surface area contributed by atoms with Crippen LogP contribution in [0.3, 0.4) is 0 Å². The summed E-state index contributed by atoms with van der Waals surface area (Å²) in [5.74, 6) is 0. The zero-order valence-corrected chi connectivity index (χ0v) is 8.61. The molecule has 2 N–H and O–H groups in total. The molecule has 0 saturated carbocycles. The van der Waals surface area contributed by atoms with Crippen LogP contribution in [-0.4, -0.2) is 18.1 Å². The Balaban J connectivity index is 2.09. The molecule has 76 valence electrons. The fourth-order valence-corrected chi connectivity index (χ4v) is 1.59. The number of pyridine rings is 1. The Labute approximate surface area is 84.9 Å². The Morgan fingerprint density at radius 1 is 1.50 bits per heavy atom. The highest BCUT2D eigenvalue weighted by Crippen LogP contribution is 2.20. The average molecular weight is 191 g/mol. The van der Waals surface area contributed by atoms with Crippen molar-refractivity contribution in [1.82, 2.24) is 4.98 Å². The molecule has 1 aliphatic rings. The highest BCUT2D eigenvalue weighted by atomic mass is 15.2. The lowest BCUT2D eigenvalue weighted by Crippen LogP contribution is -2.37. The van der Waals surface area contributed by atoms with Gasteiger partial charge in [-0.25, -0.2) is 0 Å². The normalized spacial score (nSPS) is 17.7. The van der Waals surface area contributed by atoms with Crippen LogP contribution in [0.15, 0.2) is 18.3 Å². The van der Waals surface area contributed by atoms with Gasteiger partial charge >= 0.3 is 0 Å². The van der Waals surface area contributed by atoms with Gasteiger partial charge in [0, 0.05) is 19.1 Å². The largest absolute Gasteiger partial charge is 0.370 e. The summed E-state index contributed by atoms with van der Waals surface area (Å²) in [6.07, 6.45) is 4.18. The summed E-state index contributed by atoms with van der Waals surface area (Å²) in [4.78, 5) is 6.71. The van der Waals surface area contributed by atoms with Gasteiger partial charge in [0.2, 0.25) is 0 Å². The molecule has 14 heavy (non-hydrogen) atoms. The van der Waals surface area contributed by atoms with Crippen molar-refractivity contribution in [2.75, 3.05) is 18.0 Å². The lowest BCUT2D eigenvalue weighted by atomic mass is 10.1. The van der Waals surface area contributed by atoms with Gasteiger partial charge in [-0.15, -0.1) is 0 Å². The molecule has 0 aliphatic carbocycles. The molecule has 1 aliphatic heterocycles. The first-order valence-electron chi connectivity index (χ1n) is 5.27. The first-order chi connectivity index (χ1) is 6.81. The van der Waals surface area contributed by atoms with Crippen LogP contribution >= 0.6 is 0 Å². The van der Waals surface area contributed by atoms with Crippen LogP contribution in [0, 0.1) is 0 Å². The quantitative estimate of drug-likeness (QED) is 0.790. The molecule has 3 nitrogen and oxygen atoms in total. The molecule has 2 heterocycles. The maximum Gasteiger partial charge on any atom is 0.0572 e. The van der Waals surface area contributed by atoms with Crippen LogP contribution in [0.1, 0.15) is 31.5 Å². The van der Waals surface area contributed by atoms with E-state index in [4.69, 9.17) is 5.73 Å². The number of anilines is 1. The summed E-state index contributed by atoms with van der Waals surface area (Å²) in [5, 5.41) is 0. The smallest absolute Gasteiger partial charge is 0.0572 e. The second kappa shape index (κ2) is 3.96. The van der Waals surface area contributed by atoms with Gasteiger partial charge in [0.25, 0.3) is 0 Å². The Bertz CT molecular complexity index is 266. The minimum Gasteiger partial charge on any atom is -0.370 e. The average Bonchev–Trinajstić information content (AvgIpc) is 2.15. The van der Waals surface area contributed by atoms with Crippen LogP contribution in [0.4, 0.5) is 5.69 Å². The van der Waals surface area contributed by atoms with Crippen molar-refractivity contribution >= 4 is 5.69 Å². The fraction of sp³-hybridized carbons (Fsp3) is 0.545. The minimum atomic E-state index is 0.0837. The summed E-state index contributed by atoms with van der Waals surface area (Å²) >= 11 is 0. The molecule has 0 radical (unpaired) electrons. The van der Waals surface area contributed by atoms with Crippen molar-refractivity contribution in [2.24, 2.45) is 5.73 Å². The highest BCUT2D eigenvalue weighted by Gasteiger charge is 2.14. The van der Waals surface area contributed by atoms with Crippen LogP contribution in [-0.2, 0) is 0 Å². The maximum atomic E-state index is 5.89. The van der Waals surface area contributed by atoms with Gasteiger partial charge < -0.3 is 10.6 Å². The van der Waals surface area contributed by atoms with Gasteiger partial charge in [0.1, 0.15) is 0 Å². The monoisotopic (exact) mass is 191 g/mol. The fourth-order valence-electron chi connectivity index (χ4n) is 1.59. The molecule has 1 aromatic heterocycles. The number of nitrogens with zero attached hydrogens (tertiary/aromatic N) is 2. The van der Waals surface area contributed by atoms with Gasteiger partial charge in [-0.05, 0) is 25.0 Å². The van der Waals surface area contributed by atoms with E-state index < -0.39 is 0 Å². The molecule has 1 atom stereocenters. The second-order valence-electron chi connectivity index (χ2n) is 3.80. The molecular weight excluding hydrogens is 174 g/mol. The van der Waals surface area contributed by atoms with Crippen LogP contribution in [0.5, 0.6) is 0 Å². The predicted molar refractivity (Wildman–Crippen MR) is 58.3 cm³/mol. The molecule has 3 heteroatoms. The summed E-state index contributed by atoms with van der Waals surface area (Å²) in [6.45, 7) is 4.41. The van der Waals surface area contributed by atoms with Gasteiger partial charge in [-0.3, -0.25) is 4.98 Å². The van der Waals surface area contributed by atoms with Crippen molar-refractivity contribution in [3.8, 4) is 0 Å². The van der Waals surface area contributed by atoms with Crippen molar-refractivity contribution < 1.29 is 0 Å². The van der Waals surface area contributed by atoms with E-state index in [1.54, 1.807) is 0 Å². The molecule has 2 rings (SSSR count). The molecule has 1 saturated heterocycles. The third-order valence-corrected chi connectivity index (χ3v) is 2.81. The Hall–Kier alpha value is -1.09. The molecule has 0 bridgehead atoms. The lowest BCUT2D eigenvalue weighted by Gasteiger charge is -2.32. The zero-order chi connectivity index (χ0) is 9.97. The number of aromatic nitrogens is 1. The predicted octanol–water partition coefficient (Wildman–Crippen LogP) is 1.70. The van der Waals surface area contributed by atoms with E-state index >= 15 is 0 Å². The highest BCUT2D eigenvalue weighted by molar-refractivity contribution is 5.46. The second-order valence-corrected chi connectivity index (χ2v) is 3.80. The third kappa shape index (κ3) is 1.73. The van der Waals surface area contributed by atoms with Crippen molar-refractivity contribution in [3.05, 3.63) is 24.0 Å². The zero-order valence-electron chi connectivity index (χ0n) is 8.61. The van der Waals surface area contributed by atoms with E-state index in [2.05, 4.69) is 22.9 Å². The van der Waals surface area contributed by atoms with Crippen LogP contribution in [0.2, 0.25) is 0 Å². The Morgan fingerprint density at radius 2 is 2.29 bits per heavy atom. The molecule has 1 unspecified atom stereocenters. The Morgan fingerprint density at radius 3 is 2.71 bits per heavy atom. The molecule has 0 spiro atoms. The van der Waals surface area contributed by atoms with Gasteiger partial charge in [0.15, 0.2) is 0 Å². The van der Waals surface area contributed by atoms with E-state index in [-0.39, 0.29) is 6.04 Å². The topological polar surface area (TPSA) is 42.1 Å². The number of hydrogen-bond acceptors (Lipinski definition) is 3. The summed E-state index contributed by atoms with van der Waals surface area (Å²) in [5.41, 5.74) is 8.11. The van der Waals surface area contributed by atoms with Gasteiger partial charge in [-0.1, -0.05) is 6.92 Å². The van der Waals surface area contributed by atoms with E-state index in [0.717, 1.165) is 12.1 Å². The first kappa shape index (κ1) is 9.46. The summed E-state index contributed by atoms with van der Waals surface area (Å²) in [6, 6.07) is 4.25. The molecule has 0 aromatic carbocycles. The first-order valence-corrected chi connectivity index (χ1v) is 5.27. The van der Waals surface area contributed by atoms with Gasteiger partial charge in [0.05, 0.1) is 17.6 Å². The van der Waals surface area contributed by atoms with Crippen molar-refractivity contribution in [2.45, 2.75) is 25.8 Å². The number of rotatable bonds is 3. The maximum absolute atomic E-state index is 5.89. The third-order valence-electron chi connectivity index (χ3n) is 2.81. The summed E-state index contributed by atoms with van der Waals surface area (Å²) < 4.78 is 0. The Kier molecular flexibility index (Phi) is 2.68. The SMILES string of the molecule is CCC(N)c1ccc(N2CCC2)cn1. The van der Waals surface area contributed by atoms with Crippen molar-refractivity contribution in [1.29, 1.82) is 0 Å². The lowest BCUT2D eigenvalue weighted by molar-refractivity contribution is 0.614. The van der Waals surface area contributed by atoms with Crippen molar-refractivity contribution in [3.63, 3.8) is 0 Å². The molecule has 1 fully saturated rings. The van der Waals surface area contributed by atoms with E-state index in [0.29, 0.717) is 0 Å². The van der Waals surface area contributed by atoms with Gasteiger partial charge in [-0.2, -0.15) is 0 Å². The number of nitrogens with two attached hydrogens (primary N) is 1. The van der Waals surface area contributed by atoms with E-state index in [1.165, 1.54) is 25.2 Å². The molecular formula is C11H17N3. The van der Waals surface area contributed by atoms with E-state index in [9.17, 15) is 0 Å². The molecule has 0 amide bonds.